The lowest BCUT2D eigenvalue weighted by molar-refractivity contribution is 0.594. The molecule has 0 aliphatic carbocycles. The number of para-hydroxylation sites is 1. The normalized spacial score (nSPS) is 12.0. The zero-order valence-corrected chi connectivity index (χ0v) is 10.5. The number of aryl methyl sites for hydroxylation is 1. The molecule has 84 valence electrons. The number of hydrogen-bond acceptors (Lipinski definition) is 1. The van der Waals surface area contributed by atoms with E-state index < -0.39 is 0 Å². The summed E-state index contributed by atoms with van der Waals surface area (Å²) in [6, 6.07) is 10.7. The summed E-state index contributed by atoms with van der Waals surface area (Å²) in [4.78, 5) is 4.76. The highest BCUT2D eigenvalue weighted by Gasteiger charge is 2.17. The average molecular weight is 213 g/mol. The van der Waals surface area contributed by atoms with Crippen LogP contribution in [-0.2, 0) is 11.8 Å². The highest BCUT2D eigenvalue weighted by molar-refractivity contribution is 5.82. The molecule has 0 aliphatic heterocycles. The second-order valence-corrected chi connectivity index (χ2v) is 5.28. The molecule has 0 atom stereocenters. The smallest absolute Gasteiger partial charge is 0.0742 e. The van der Waals surface area contributed by atoms with E-state index in [1.165, 1.54) is 16.6 Å². The fourth-order valence-corrected chi connectivity index (χ4v) is 1.99. The van der Waals surface area contributed by atoms with E-state index >= 15 is 0 Å². The fraction of sp³-hybridized carbons (Fsp3) is 0.400. The van der Waals surface area contributed by atoms with Crippen molar-refractivity contribution in [3.8, 4) is 0 Å². The van der Waals surface area contributed by atoms with Gasteiger partial charge in [-0.2, -0.15) is 0 Å². The zero-order chi connectivity index (χ0) is 11.8. The Morgan fingerprint density at radius 1 is 1.06 bits per heavy atom. The molecule has 1 aromatic carbocycles. The Balaban J connectivity index is 2.74. The number of nitrogens with zero attached hydrogens (tertiary/aromatic N) is 1. The van der Waals surface area contributed by atoms with Crippen molar-refractivity contribution in [2.75, 3.05) is 0 Å². The first kappa shape index (κ1) is 11.1. The minimum absolute atomic E-state index is 0.152. The minimum Gasteiger partial charge on any atom is -0.253 e. The molecule has 0 saturated carbocycles. The number of fused-ring (bicyclic) bond motifs is 1. The molecule has 1 nitrogen and oxygen atoms in total. The number of benzene rings is 1. The SMILES string of the molecule is CCc1ccc2cccc(C(C)(C)C)c2n1. The second kappa shape index (κ2) is 3.89. The summed E-state index contributed by atoms with van der Waals surface area (Å²) < 4.78 is 0. The molecular formula is C15H19N. The highest BCUT2D eigenvalue weighted by Crippen LogP contribution is 2.28. The van der Waals surface area contributed by atoms with Crippen molar-refractivity contribution in [1.29, 1.82) is 0 Å². The fourth-order valence-electron chi connectivity index (χ4n) is 1.99. The summed E-state index contributed by atoms with van der Waals surface area (Å²) in [7, 11) is 0. The van der Waals surface area contributed by atoms with Crippen LogP contribution in [0.5, 0.6) is 0 Å². The molecule has 0 aliphatic rings. The van der Waals surface area contributed by atoms with Crippen LogP contribution in [0, 0.1) is 0 Å². The first-order chi connectivity index (χ1) is 7.52. The third kappa shape index (κ3) is 1.95. The van der Waals surface area contributed by atoms with E-state index in [-0.39, 0.29) is 5.41 Å². The van der Waals surface area contributed by atoms with Crippen LogP contribution < -0.4 is 0 Å². The lowest BCUT2D eigenvalue weighted by Gasteiger charge is -2.20. The molecule has 0 amide bonds. The molecule has 0 saturated heterocycles. The van der Waals surface area contributed by atoms with Crippen molar-refractivity contribution in [2.24, 2.45) is 0 Å². The molecule has 2 aromatic rings. The van der Waals surface area contributed by atoms with Gasteiger partial charge >= 0.3 is 0 Å². The van der Waals surface area contributed by atoms with E-state index in [1.54, 1.807) is 0 Å². The van der Waals surface area contributed by atoms with Crippen LogP contribution in [0.15, 0.2) is 30.3 Å². The van der Waals surface area contributed by atoms with Gasteiger partial charge in [-0.05, 0) is 23.5 Å². The number of rotatable bonds is 1. The molecule has 1 aromatic heterocycles. The van der Waals surface area contributed by atoms with Crippen molar-refractivity contribution in [1.82, 2.24) is 4.98 Å². The van der Waals surface area contributed by atoms with E-state index in [4.69, 9.17) is 4.98 Å². The Morgan fingerprint density at radius 2 is 1.81 bits per heavy atom. The van der Waals surface area contributed by atoms with Crippen LogP contribution in [0.4, 0.5) is 0 Å². The van der Waals surface area contributed by atoms with Gasteiger partial charge in [0.05, 0.1) is 5.52 Å². The van der Waals surface area contributed by atoms with Crippen molar-refractivity contribution in [2.45, 2.75) is 39.5 Å². The Hall–Kier alpha value is -1.37. The Labute approximate surface area is 97.5 Å². The van der Waals surface area contributed by atoms with Gasteiger partial charge in [0.2, 0.25) is 0 Å². The summed E-state index contributed by atoms with van der Waals surface area (Å²) in [5.41, 5.74) is 3.82. The summed E-state index contributed by atoms with van der Waals surface area (Å²) in [6.07, 6.45) is 0.994. The largest absolute Gasteiger partial charge is 0.253 e. The zero-order valence-electron chi connectivity index (χ0n) is 10.5. The van der Waals surface area contributed by atoms with Gasteiger partial charge in [-0.25, -0.2) is 0 Å². The summed E-state index contributed by atoms with van der Waals surface area (Å²) >= 11 is 0. The first-order valence-corrected chi connectivity index (χ1v) is 5.91. The van der Waals surface area contributed by atoms with Gasteiger partial charge in [0.1, 0.15) is 0 Å². The quantitative estimate of drug-likeness (QED) is 0.695. The van der Waals surface area contributed by atoms with Gasteiger partial charge < -0.3 is 0 Å². The first-order valence-electron chi connectivity index (χ1n) is 5.91. The van der Waals surface area contributed by atoms with E-state index in [1.807, 2.05) is 0 Å². The number of hydrogen-bond donors (Lipinski definition) is 0. The van der Waals surface area contributed by atoms with Gasteiger partial charge in [0.15, 0.2) is 0 Å². The molecule has 0 unspecified atom stereocenters. The van der Waals surface area contributed by atoms with Gasteiger partial charge in [0, 0.05) is 11.1 Å². The molecule has 0 bridgehead atoms. The molecule has 1 heterocycles. The maximum absolute atomic E-state index is 4.76. The highest BCUT2D eigenvalue weighted by atomic mass is 14.7. The predicted octanol–water partition coefficient (Wildman–Crippen LogP) is 4.09. The molecule has 2 rings (SSSR count). The minimum atomic E-state index is 0.152. The van der Waals surface area contributed by atoms with Crippen LogP contribution in [0.1, 0.15) is 39.0 Å². The van der Waals surface area contributed by atoms with Crippen molar-refractivity contribution in [3.63, 3.8) is 0 Å². The van der Waals surface area contributed by atoms with Gasteiger partial charge in [-0.15, -0.1) is 0 Å². The van der Waals surface area contributed by atoms with E-state index in [0.717, 1.165) is 11.9 Å². The monoisotopic (exact) mass is 213 g/mol. The van der Waals surface area contributed by atoms with Crippen LogP contribution in [0.2, 0.25) is 0 Å². The Morgan fingerprint density at radius 3 is 2.44 bits per heavy atom. The Bertz CT molecular complexity index is 506. The molecule has 0 N–H and O–H groups in total. The third-order valence-corrected chi connectivity index (χ3v) is 2.95. The lowest BCUT2D eigenvalue weighted by Crippen LogP contribution is -2.12. The molecule has 0 spiro atoms. The maximum atomic E-state index is 4.76. The summed E-state index contributed by atoms with van der Waals surface area (Å²) in [5.74, 6) is 0. The molecule has 0 radical (unpaired) electrons. The van der Waals surface area contributed by atoms with Crippen LogP contribution in [0.25, 0.3) is 10.9 Å². The van der Waals surface area contributed by atoms with Crippen LogP contribution in [0.3, 0.4) is 0 Å². The number of aromatic nitrogens is 1. The van der Waals surface area contributed by atoms with Gasteiger partial charge in [-0.1, -0.05) is 52.0 Å². The average Bonchev–Trinajstić information content (AvgIpc) is 2.26. The standard InChI is InChI=1S/C15H19N/c1-5-12-10-9-11-7-6-8-13(14(11)16-12)15(2,3)4/h6-10H,5H2,1-4H3. The Kier molecular flexibility index (Phi) is 2.71. The predicted molar refractivity (Wildman–Crippen MR) is 69.8 cm³/mol. The third-order valence-electron chi connectivity index (χ3n) is 2.95. The van der Waals surface area contributed by atoms with Crippen LogP contribution >= 0.6 is 0 Å². The molecule has 0 fully saturated rings. The van der Waals surface area contributed by atoms with E-state index in [9.17, 15) is 0 Å². The van der Waals surface area contributed by atoms with E-state index in [0.29, 0.717) is 0 Å². The topological polar surface area (TPSA) is 12.9 Å². The maximum Gasteiger partial charge on any atom is 0.0742 e. The number of pyridine rings is 1. The van der Waals surface area contributed by atoms with Gasteiger partial charge in [0.25, 0.3) is 0 Å². The van der Waals surface area contributed by atoms with E-state index in [2.05, 4.69) is 58.0 Å². The van der Waals surface area contributed by atoms with Gasteiger partial charge in [-0.3, -0.25) is 4.98 Å². The summed E-state index contributed by atoms with van der Waals surface area (Å²) in [5, 5.41) is 1.24. The van der Waals surface area contributed by atoms with Crippen molar-refractivity contribution < 1.29 is 0 Å². The van der Waals surface area contributed by atoms with Crippen molar-refractivity contribution in [3.05, 3.63) is 41.6 Å². The lowest BCUT2D eigenvalue weighted by atomic mass is 9.85. The molecule has 1 heteroatoms. The molecular weight excluding hydrogens is 194 g/mol. The van der Waals surface area contributed by atoms with Crippen LogP contribution in [-0.4, -0.2) is 4.98 Å². The van der Waals surface area contributed by atoms with Crippen molar-refractivity contribution >= 4 is 10.9 Å². The summed E-state index contributed by atoms with van der Waals surface area (Å²) in [6.45, 7) is 8.86. The second-order valence-electron chi connectivity index (χ2n) is 5.28. The molecule has 16 heavy (non-hydrogen) atoms.